The topological polar surface area (TPSA) is 98.1 Å². The molecule has 0 atom stereocenters. The first kappa shape index (κ1) is 22.6. The number of fused-ring (bicyclic) bond motifs is 1. The van der Waals surface area contributed by atoms with Gasteiger partial charge < -0.3 is 9.88 Å². The Morgan fingerprint density at radius 3 is 2.55 bits per heavy atom. The number of nitrogens with zero attached hydrogens (tertiary/aromatic N) is 2. The molecule has 0 aliphatic carbocycles. The molecule has 33 heavy (non-hydrogen) atoms. The average Bonchev–Trinajstić information content (AvgIpc) is 2.78. The maximum absolute atomic E-state index is 13.4. The highest BCUT2D eigenvalue weighted by Gasteiger charge is 2.24. The lowest BCUT2D eigenvalue weighted by Gasteiger charge is -2.14. The summed E-state index contributed by atoms with van der Waals surface area (Å²) in [6.45, 7) is 1.36. The van der Waals surface area contributed by atoms with Gasteiger partial charge in [-0.25, -0.2) is 17.8 Å². The van der Waals surface area contributed by atoms with Crippen LogP contribution in [-0.2, 0) is 21.2 Å². The van der Waals surface area contributed by atoms with Gasteiger partial charge in [-0.3, -0.25) is 9.59 Å². The van der Waals surface area contributed by atoms with Crippen LogP contribution >= 0.6 is 11.6 Å². The fourth-order valence-electron chi connectivity index (χ4n) is 3.30. The van der Waals surface area contributed by atoms with E-state index in [9.17, 15) is 22.4 Å². The van der Waals surface area contributed by atoms with Crippen LogP contribution in [0.25, 0.3) is 11.0 Å². The number of aromatic nitrogens is 2. The first-order valence-corrected chi connectivity index (χ1v) is 11.6. The number of anilines is 1. The van der Waals surface area contributed by atoms with E-state index >= 15 is 0 Å². The Kier molecular flexibility index (Phi) is 6.01. The molecule has 0 bridgehead atoms. The van der Waals surface area contributed by atoms with Crippen molar-refractivity contribution in [3.8, 4) is 0 Å². The highest BCUT2D eigenvalue weighted by molar-refractivity contribution is 7.91. The number of hydrogen-bond acceptors (Lipinski definition) is 5. The van der Waals surface area contributed by atoms with E-state index in [1.807, 2.05) is 0 Å². The van der Waals surface area contributed by atoms with Crippen LogP contribution in [0.15, 0.2) is 81.4 Å². The predicted molar refractivity (Wildman–Crippen MR) is 123 cm³/mol. The zero-order chi connectivity index (χ0) is 23.8. The first-order valence-electron chi connectivity index (χ1n) is 9.72. The molecule has 10 heteroatoms. The molecule has 4 rings (SSSR count). The molecule has 0 radical (unpaired) electrons. The van der Waals surface area contributed by atoms with E-state index < -0.39 is 31.9 Å². The smallest absolute Gasteiger partial charge is 0.244 e. The van der Waals surface area contributed by atoms with Gasteiger partial charge in [0.1, 0.15) is 22.9 Å². The van der Waals surface area contributed by atoms with Crippen molar-refractivity contribution in [1.29, 1.82) is 0 Å². The molecule has 1 amide bonds. The first-order chi connectivity index (χ1) is 15.7. The van der Waals surface area contributed by atoms with Gasteiger partial charge in [-0.05, 0) is 49.4 Å². The minimum atomic E-state index is -4.15. The SMILES string of the molecule is Cc1ccc2c(=O)c(S(=O)(=O)c3ccccc3)cn(CC(=O)Nc3ccc(F)c(Cl)c3)c2n1. The molecular weight excluding hydrogens is 469 g/mol. The number of nitrogens with one attached hydrogen (secondary N) is 1. The molecule has 7 nitrogen and oxygen atoms in total. The maximum atomic E-state index is 13.4. The number of amides is 1. The molecule has 1 N–H and O–H groups in total. The molecule has 2 heterocycles. The fraction of sp³-hybridized carbons (Fsp3) is 0.0870. The Labute approximate surface area is 193 Å². The molecule has 0 fully saturated rings. The van der Waals surface area contributed by atoms with Gasteiger partial charge in [0.2, 0.25) is 21.2 Å². The third kappa shape index (κ3) is 4.50. The van der Waals surface area contributed by atoms with Crippen molar-refractivity contribution in [3.05, 3.63) is 93.6 Å². The van der Waals surface area contributed by atoms with Gasteiger partial charge in [-0.2, -0.15) is 0 Å². The number of pyridine rings is 2. The standard InChI is InChI=1S/C23H17ClFN3O4S/c1-14-7-9-17-22(30)20(33(31,32)16-5-3-2-4-6-16)12-28(23(17)26-14)13-21(29)27-15-8-10-19(25)18(24)11-15/h2-12H,13H2,1H3,(H,27,29). The number of benzene rings is 2. The Morgan fingerprint density at radius 2 is 1.85 bits per heavy atom. The molecule has 2 aromatic carbocycles. The van der Waals surface area contributed by atoms with E-state index in [0.29, 0.717) is 5.69 Å². The number of carbonyl (C=O) groups excluding carboxylic acids is 1. The van der Waals surface area contributed by atoms with Crippen molar-refractivity contribution in [2.45, 2.75) is 23.3 Å². The van der Waals surface area contributed by atoms with Crippen LogP contribution in [0.3, 0.4) is 0 Å². The summed E-state index contributed by atoms with van der Waals surface area (Å²) in [7, 11) is -4.15. The number of sulfone groups is 1. The van der Waals surface area contributed by atoms with Gasteiger partial charge >= 0.3 is 0 Å². The van der Waals surface area contributed by atoms with Gasteiger partial charge in [0.15, 0.2) is 0 Å². The Morgan fingerprint density at radius 1 is 1.12 bits per heavy atom. The average molecular weight is 486 g/mol. The zero-order valence-electron chi connectivity index (χ0n) is 17.2. The van der Waals surface area contributed by atoms with Gasteiger partial charge in [0.25, 0.3) is 0 Å². The molecule has 0 saturated carbocycles. The molecule has 0 aliphatic rings. The number of halogens is 2. The number of aryl methyl sites for hydroxylation is 1. The summed E-state index contributed by atoms with van der Waals surface area (Å²) in [6.07, 6.45) is 1.12. The van der Waals surface area contributed by atoms with Gasteiger partial charge in [0, 0.05) is 17.6 Å². The van der Waals surface area contributed by atoms with E-state index in [4.69, 9.17) is 11.6 Å². The summed E-state index contributed by atoms with van der Waals surface area (Å²) < 4.78 is 41.0. The lowest BCUT2D eigenvalue weighted by molar-refractivity contribution is -0.116. The lowest BCUT2D eigenvalue weighted by Crippen LogP contribution is -2.24. The highest BCUT2D eigenvalue weighted by Crippen LogP contribution is 2.22. The van der Waals surface area contributed by atoms with Gasteiger partial charge in [-0.1, -0.05) is 29.8 Å². The molecule has 2 aromatic heterocycles. The number of hydrogen-bond donors (Lipinski definition) is 1. The quantitative estimate of drug-likeness (QED) is 0.461. The van der Waals surface area contributed by atoms with Crippen molar-refractivity contribution in [1.82, 2.24) is 9.55 Å². The van der Waals surface area contributed by atoms with E-state index in [2.05, 4.69) is 10.3 Å². The van der Waals surface area contributed by atoms with Crippen LogP contribution in [0.1, 0.15) is 5.69 Å². The minimum absolute atomic E-state index is 0.0431. The molecule has 168 valence electrons. The molecule has 0 spiro atoms. The predicted octanol–water partition coefficient (Wildman–Crippen LogP) is 3.97. The van der Waals surface area contributed by atoms with Crippen molar-refractivity contribution < 1.29 is 17.6 Å². The summed E-state index contributed by atoms with van der Waals surface area (Å²) in [5.41, 5.74) is 0.306. The normalized spacial score (nSPS) is 11.5. The Hall–Kier alpha value is -3.56. The third-order valence-corrected chi connectivity index (χ3v) is 6.94. The third-order valence-electron chi connectivity index (χ3n) is 4.89. The summed E-state index contributed by atoms with van der Waals surface area (Å²) in [6, 6.07) is 14.3. The van der Waals surface area contributed by atoms with Crippen molar-refractivity contribution in [2.75, 3.05) is 5.32 Å². The van der Waals surface area contributed by atoms with Crippen LogP contribution in [0.2, 0.25) is 5.02 Å². The zero-order valence-corrected chi connectivity index (χ0v) is 18.8. The summed E-state index contributed by atoms with van der Waals surface area (Å²) >= 11 is 5.76. The van der Waals surface area contributed by atoms with Crippen molar-refractivity contribution in [3.63, 3.8) is 0 Å². The van der Waals surface area contributed by atoms with Crippen molar-refractivity contribution in [2.24, 2.45) is 0 Å². The second-order valence-corrected chi connectivity index (χ2v) is 9.59. The second-order valence-electron chi connectivity index (χ2n) is 7.27. The Balaban J connectivity index is 1.81. The number of rotatable bonds is 5. The highest BCUT2D eigenvalue weighted by atomic mass is 35.5. The van der Waals surface area contributed by atoms with Gasteiger partial charge in [0.05, 0.1) is 15.3 Å². The van der Waals surface area contributed by atoms with E-state index in [-0.39, 0.29) is 33.2 Å². The monoisotopic (exact) mass is 485 g/mol. The minimum Gasteiger partial charge on any atom is -0.324 e. The molecule has 0 aliphatic heterocycles. The largest absolute Gasteiger partial charge is 0.324 e. The van der Waals surface area contributed by atoms with E-state index in [1.54, 1.807) is 31.2 Å². The van der Waals surface area contributed by atoms with E-state index in [1.165, 1.54) is 34.9 Å². The summed E-state index contributed by atoms with van der Waals surface area (Å²) in [4.78, 5) is 29.6. The summed E-state index contributed by atoms with van der Waals surface area (Å²) in [5, 5.41) is 2.48. The van der Waals surface area contributed by atoms with Crippen molar-refractivity contribution >= 4 is 44.1 Å². The van der Waals surface area contributed by atoms with Crippen LogP contribution in [0.5, 0.6) is 0 Å². The molecule has 0 saturated heterocycles. The van der Waals surface area contributed by atoms with Crippen LogP contribution in [-0.4, -0.2) is 23.9 Å². The Bertz CT molecular complexity index is 1550. The van der Waals surface area contributed by atoms with Crippen LogP contribution in [0.4, 0.5) is 10.1 Å². The molecule has 0 unspecified atom stereocenters. The number of carbonyl (C=O) groups is 1. The lowest BCUT2D eigenvalue weighted by atomic mass is 10.2. The van der Waals surface area contributed by atoms with Gasteiger partial charge in [-0.15, -0.1) is 0 Å². The maximum Gasteiger partial charge on any atom is 0.244 e. The van der Waals surface area contributed by atoms with Crippen LogP contribution < -0.4 is 10.7 Å². The summed E-state index contributed by atoms with van der Waals surface area (Å²) in [5.74, 6) is -1.18. The second kappa shape index (κ2) is 8.76. The van der Waals surface area contributed by atoms with E-state index in [0.717, 1.165) is 12.3 Å². The fourth-order valence-corrected chi connectivity index (χ4v) is 4.87. The van der Waals surface area contributed by atoms with Crippen LogP contribution in [0, 0.1) is 12.7 Å². The molecular formula is C23H17ClFN3O4S. The molecule has 4 aromatic rings.